The van der Waals surface area contributed by atoms with Crippen molar-refractivity contribution in [2.24, 2.45) is 11.8 Å². The monoisotopic (exact) mass is 284 g/mol. The van der Waals surface area contributed by atoms with Gasteiger partial charge in [-0.1, -0.05) is 12.8 Å². The molecule has 0 atom stereocenters. The van der Waals surface area contributed by atoms with Gasteiger partial charge in [-0.05, 0) is 32.6 Å². The number of carboxylic acids is 1. The van der Waals surface area contributed by atoms with Crippen LogP contribution >= 0.6 is 0 Å². The van der Waals surface area contributed by atoms with E-state index >= 15 is 0 Å². The Hall–Kier alpha value is -1.72. The number of aliphatic carboxylic acids is 1. The van der Waals surface area contributed by atoms with Crippen LogP contribution in [0.25, 0.3) is 0 Å². The van der Waals surface area contributed by atoms with Crippen LogP contribution in [0.3, 0.4) is 0 Å². The maximum atomic E-state index is 11.0. The van der Waals surface area contributed by atoms with Gasteiger partial charge in [-0.3, -0.25) is 9.59 Å². The van der Waals surface area contributed by atoms with Gasteiger partial charge in [0.25, 0.3) is 0 Å². The quantitative estimate of drug-likeness (QED) is 0.604. The van der Waals surface area contributed by atoms with Crippen molar-refractivity contribution in [3.05, 3.63) is 0 Å². The average molecular weight is 284 g/mol. The smallest absolute Gasteiger partial charge is 0.374 e. The van der Waals surface area contributed by atoms with Crippen molar-refractivity contribution in [2.75, 3.05) is 6.61 Å². The number of hydrogen-bond donors (Lipinski definition) is 1. The molecule has 0 aromatic carbocycles. The number of ketones is 2. The Morgan fingerprint density at radius 2 is 1.40 bits per heavy atom. The summed E-state index contributed by atoms with van der Waals surface area (Å²) in [5.41, 5.74) is 0. The number of carboxylic acid groups (broad SMARTS) is 1. The third kappa shape index (κ3) is 4.43. The Kier molecular flexibility index (Phi) is 6.35. The Labute approximate surface area is 117 Å². The van der Waals surface area contributed by atoms with Crippen LogP contribution in [0.2, 0.25) is 0 Å². The molecular weight excluding hydrogens is 264 g/mol. The molecule has 2 fully saturated rings. The van der Waals surface area contributed by atoms with Gasteiger partial charge in [-0.2, -0.15) is 0 Å². The highest BCUT2D eigenvalue weighted by Gasteiger charge is 2.31. The SMILES string of the molecule is CCOC(=O)C(=O)C1CCC1.O=C(O)C(=O)C1CCC1. The first-order valence-corrected chi connectivity index (χ1v) is 6.95. The molecule has 0 bridgehead atoms. The fourth-order valence-corrected chi connectivity index (χ4v) is 1.88. The van der Waals surface area contributed by atoms with Crippen LogP contribution in [0.1, 0.15) is 45.4 Å². The lowest BCUT2D eigenvalue weighted by atomic mass is 9.82. The van der Waals surface area contributed by atoms with E-state index in [1.807, 2.05) is 0 Å². The van der Waals surface area contributed by atoms with Crippen LogP contribution in [0, 0.1) is 11.8 Å². The minimum absolute atomic E-state index is 0.0333. The van der Waals surface area contributed by atoms with Crippen LogP contribution in [0.4, 0.5) is 0 Å². The molecule has 0 saturated heterocycles. The van der Waals surface area contributed by atoms with Gasteiger partial charge in [-0.25, -0.2) is 9.59 Å². The highest BCUT2D eigenvalue weighted by Crippen LogP contribution is 2.27. The normalized spacial score (nSPS) is 17.9. The van der Waals surface area contributed by atoms with Crippen molar-refractivity contribution < 1.29 is 29.0 Å². The molecule has 0 spiro atoms. The highest BCUT2D eigenvalue weighted by molar-refractivity contribution is 6.34. The van der Waals surface area contributed by atoms with Crippen LogP contribution in [-0.2, 0) is 23.9 Å². The minimum atomic E-state index is -1.28. The van der Waals surface area contributed by atoms with Crippen molar-refractivity contribution >= 4 is 23.5 Å². The predicted octanol–water partition coefficient (Wildman–Crippen LogP) is 1.36. The standard InChI is InChI=1S/C8H12O3.C6H8O3/c1-2-11-8(10)7(9)6-4-3-5-6;7-5(6(8)9)4-2-1-3-4/h6H,2-5H2,1H3;4H,1-3H2,(H,8,9). The second-order valence-electron chi connectivity index (χ2n) is 5.01. The van der Waals surface area contributed by atoms with Crippen molar-refractivity contribution in [1.82, 2.24) is 0 Å². The predicted molar refractivity (Wildman–Crippen MR) is 69.0 cm³/mol. The van der Waals surface area contributed by atoms with Crippen LogP contribution in [0.15, 0.2) is 0 Å². The van der Waals surface area contributed by atoms with Crippen molar-refractivity contribution in [3.63, 3.8) is 0 Å². The summed E-state index contributed by atoms with van der Waals surface area (Å²) in [6.45, 7) is 1.99. The highest BCUT2D eigenvalue weighted by atomic mass is 16.5. The minimum Gasteiger partial charge on any atom is -0.475 e. The summed E-state index contributed by atoms with van der Waals surface area (Å²) in [4.78, 5) is 42.4. The molecule has 2 rings (SSSR count). The summed E-state index contributed by atoms with van der Waals surface area (Å²) < 4.78 is 4.57. The maximum absolute atomic E-state index is 11.0. The fraction of sp³-hybridized carbons (Fsp3) is 0.714. The lowest BCUT2D eigenvalue weighted by Gasteiger charge is -2.22. The molecule has 0 aliphatic heterocycles. The number of esters is 1. The first kappa shape index (κ1) is 16.3. The zero-order valence-corrected chi connectivity index (χ0v) is 11.6. The van der Waals surface area contributed by atoms with E-state index in [9.17, 15) is 19.2 Å². The van der Waals surface area contributed by atoms with E-state index in [-0.39, 0.29) is 24.2 Å². The second kappa shape index (κ2) is 7.77. The van der Waals surface area contributed by atoms with E-state index in [2.05, 4.69) is 4.74 Å². The summed E-state index contributed by atoms with van der Waals surface area (Å²) in [6, 6.07) is 0. The molecule has 0 unspecified atom stereocenters. The molecule has 0 aromatic heterocycles. The van der Waals surface area contributed by atoms with E-state index in [0.717, 1.165) is 38.5 Å². The molecule has 2 aliphatic carbocycles. The Morgan fingerprint density at radius 1 is 0.950 bits per heavy atom. The second-order valence-corrected chi connectivity index (χ2v) is 5.01. The maximum Gasteiger partial charge on any atom is 0.374 e. The molecule has 2 aliphatic rings. The molecule has 20 heavy (non-hydrogen) atoms. The van der Waals surface area contributed by atoms with Crippen LogP contribution in [-0.4, -0.2) is 35.2 Å². The molecular formula is C14H20O6. The number of carbonyl (C=O) groups is 4. The summed E-state index contributed by atoms with van der Waals surface area (Å²) in [7, 11) is 0. The van der Waals surface area contributed by atoms with Gasteiger partial charge in [0.05, 0.1) is 6.61 Å². The van der Waals surface area contributed by atoms with Gasteiger partial charge in [0.15, 0.2) is 0 Å². The number of hydrogen-bond acceptors (Lipinski definition) is 5. The van der Waals surface area contributed by atoms with Gasteiger partial charge in [0.1, 0.15) is 0 Å². The lowest BCUT2D eigenvalue weighted by Crippen LogP contribution is -2.30. The summed E-state index contributed by atoms with van der Waals surface area (Å²) in [5, 5.41) is 8.17. The zero-order valence-electron chi connectivity index (χ0n) is 11.6. The topological polar surface area (TPSA) is 97.7 Å². The lowest BCUT2D eigenvalue weighted by molar-refractivity contribution is -0.156. The van der Waals surface area contributed by atoms with Crippen molar-refractivity contribution in [1.29, 1.82) is 0 Å². The molecule has 2 saturated carbocycles. The molecule has 0 aromatic rings. The van der Waals surface area contributed by atoms with E-state index < -0.39 is 17.7 Å². The molecule has 0 radical (unpaired) electrons. The number of rotatable bonds is 5. The molecule has 1 N–H and O–H groups in total. The van der Waals surface area contributed by atoms with Gasteiger partial charge in [0, 0.05) is 11.8 Å². The van der Waals surface area contributed by atoms with Crippen LogP contribution < -0.4 is 0 Å². The zero-order chi connectivity index (χ0) is 15.1. The number of Topliss-reactive ketones (excluding diaryl/α,β-unsaturated/α-hetero) is 2. The molecule has 0 amide bonds. The summed E-state index contributed by atoms with van der Waals surface area (Å²) in [6.07, 6.45) is 5.32. The number of ether oxygens (including phenoxy) is 1. The van der Waals surface area contributed by atoms with Crippen molar-refractivity contribution in [3.8, 4) is 0 Å². The fourth-order valence-electron chi connectivity index (χ4n) is 1.88. The molecule has 112 valence electrons. The average Bonchev–Trinajstić information content (AvgIpc) is 2.25. The summed E-state index contributed by atoms with van der Waals surface area (Å²) in [5.74, 6) is -3.08. The molecule has 6 heteroatoms. The Bertz CT molecular complexity index is 392. The first-order chi connectivity index (χ1) is 9.47. The van der Waals surface area contributed by atoms with E-state index in [0.29, 0.717) is 0 Å². The van der Waals surface area contributed by atoms with Gasteiger partial charge in [-0.15, -0.1) is 0 Å². The van der Waals surface area contributed by atoms with E-state index in [1.54, 1.807) is 6.92 Å². The van der Waals surface area contributed by atoms with E-state index in [4.69, 9.17) is 5.11 Å². The Balaban J connectivity index is 0.000000204. The van der Waals surface area contributed by atoms with Gasteiger partial charge in [0.2, 0.25) is 11.6 Å². The first-order valence-electron chi connectivity index (χ1n) is 6.95. The van der Waals surface area contributed by atoms with Gasteiger partial charge < -0.3 is 9.84 Å². The third-order valence-electron chi connectivity index (χ3n) is 3.64. The Morgan fingerprint density at radius 3 is 1.65 bits per heavy atom. The third-order valence-corrected chi connectivity index (χ3v) is 3.64. The van der Waals surface area contributed by atoms with Gasteiger partial charge >= 0.3 is 11.9 Å². The number of carbonyl (C=O) groups excluding carboxylic acids is 3. The van der Waals surface area contributed by atoms with E-state index in [1.165, 1.54) is 0 Å². The molecule has 6 nitrogen and oxygen atoms in total. The molecule has 0 heterocycles. The summed E-state index contributed by atoms with van der Waals surface area (Å²) >= 11 is 0. The van der Waals surface area contributed by atoms with Crippen LogP contribution in [0.5, 0.6) is 0 Å². The van der Waals surface area contributed by atoms with Crippen molar-refractivity contribution in [2.45, 2.75) is 45.4 Å². The largest absolute Gasteiger partial charge is 0.475 e.